The number of rotatable bonds is 39. The Labute approximate surface area is 338 Å². The molecule has 0 aromatic carbocycles. The molecule has 0 bridgehead atoms. The average molecular weight is 767 g/mol. The van der Waals surface area contributed by atoms with E-state index in [2.05, 4.69) is 32.9 Å². The van der Waals surface area contributed by atoms with E-state index in [0.717, 1.165) is 70.6 Å². The number of hydrogen-bond donors (Lipinski definition) is 0. The summed E-state index contributed by atoms with van der Waals surface area (Å²) in [5.41, 5.74) is 0. The van der Waals surface area contributed by atoms with Crippen molar-refractivity contribution in [2.45, 2.75) is 207 Å². The molecule has 0 heterocycles. The van der Waals surface area contributed by atoms with Crippen LogP contribution in [0.3, 0.4) is 0 Å². The Morgan fingerprint density at radius 3 is 1.11 bits per heavy atom. The van der Waals surface area contributed by atoms with Crippen molar-refractivity contribution >= 4 is 17.9 Å². The molecule has 0 saturated carbocycles. The van der Waals surface area contributed by atoms with E-state index in [9.17, 15) is 14.4 Å². The largest absolute Gasteiger partial charge is 0.462 e. The topological polar surface area (TPSA) is 78.9 Å². The lowest BCUT2D eigenvalue weighted by molar-refractivity contribution is -0.167. The molecule has 1 unspecified atom stereocenters. The Bertz CT molecular complexity index is 1070. The predicted molar refractivity (Wildman–Crippen MR) is 233 cm³/mol. The van der Waals surface area contributed by atoms with Gasteiger partial charge in [0.25, 0.3) is 0 Å². The van der Waals surface area contributed by atoms with Crippen molar-refractivity contribution in [2.75, 3.05) is 13.2 Å². The summed E-state index contributed by atoms with van der Waals surface area (Å²) < 4.78 is 16.6. The highest BCUT2D eigenvalue weighted by Gasteiger charge is 2.19. The second kappa shape index (κ2) is 43.6. The molecule has 314 valence electrons. The van der Waals surface area contributed by atoms with Crippen LogP contribution in [0.25, 0.3) is 0 Å². The molecule has 0 aliphatic rings. The molecule has 6 nitrogen and oxygen atoms in total. The molecule has 0 aliphatic carbocycles. The smallest absolute Gasteiger partial charge is 0.306 e. The third-order valence-electron chi connectivity index (χ3n) is 9.39. The van der Waals surface area contributed by atoms with E-state index in [0.29, 0.717) is 19.3 Å². The minimum atomic E-state index is -0.787. The van der Waals surface area contributed by atoms with Crippen LogP contribution in [0.4, 0.5) is 0 Å². The van der Waals surface area contributed by atoms with Gasteiger partial charge in [-0.2, -0.15) is 0 Å². The van der Waals surface area contributed by atoms with Crippen LogP contribution in [0, 0.1) is 0 Å². The Kier molecular flexibility index (Phi) is 41.1. The lowest BCUT2D eigenvalue weighted by Crippen LogP contribution is -2.30. The molecule has 0 spiro atoms. The average Bonchev–Trinajstić information content (AvgIpc) is 3.18. The molecular formula is C49H82O6. The number of unbranched alkanes of at least 4 members (excludes halogenated alkanes) is 21. The molecule has 0 amide bonds. The third kappa shape index (κ3) is 41.8. The molecule has 1 atom stereocenters. The van der Waals surface area contributed by atoms with Crippen molar-refractivity contribution in [1.82, 2.24) is 0 Å². The summed E-state index contributed by atoms with van der Waals surface area (Å²) in [6, 6.07) is 0. The first-order chi connectivity index (χ1) is 27.0. The summed E-state index contributed by atoms with van der Waals surface area (Å²) >= 11 is 0. The van der Waals surface area contributed by atoms with Gasteiger partial charge in [-0.3, -0.25) is 14.4 Å². The Morgan fingerprint density at radius 1 is 0.382 bits per heavy atom. The Hall–Kier alpha value is -3.15. The van der Waals surface area contributed by atoms with E-state index in [-0.39, 0.29) is 31.1 Å². The zero-order valence-electron chi connectivity index (χ0n) is 35.7. The van der Waals surface area contributed by atoms with Crippen LogP contribution in [0.1, 0.15) is 201 Å². The summed E-state index contributed by atoms with van der Waals surface area (Å²) in [5, 5.41) is 0. The van der Waals surface area contributed by atoms with Gasteiger partial charge < -0.3 is 14.2 Å². The molecular weight excluding hydrogens is 685 g/mol. The maximum absolute atomic E-state index is 12.7. The lowest BCUT2D eigenvalue weighted by atomic mass is 10.1. The lowest BCUT2D eigenvalue weighted by Gasteiger charge is -2.18. The summed E-state index contributed by atoms with van der Waals surface area (Å²) in [5.74, 6) is -0.941. The Morgan fingerprint density at radius 2 is 0.709 bits per heavy atom. The van der Waals surface area contributed by atoms with Crippen LogP contribution in [0.5, 0.6) is 0 Å². The normalized spacial score (nSPS) is 12.7. The van der Waals surface area contributed by atoms with Crippen molar-refractivity contribution in [1.29, 1.82) is 0 Å². The minimum Gasteiger partial charge on any atom is -0.462 e. The summed E-state index contributed by atoms with van der Waals surface area (Å²) in [4.78, 5) is 37.7. The summed E-state index contributed by atoms with van der Waals surface area (Å²) in [7, 11) is 0. The molecule has 0 N–H and O–H groups in total. The van der Waals surface area contributed by atoms with Crippen LogP contribution >= 0.6 is 0 Å². The van der Waals surface area contributed by atoms with Gasteiger partial charge >= 0.3 is 17.9 Å². The number of allylic oxidation sites excluding steroid dienone is 12. The molecule has 0 rings (SSSR count). The molecule has 6 heteroatoms. The maximum Gasteiger partial charge on any atom is 0.306 e. The van der Waals surface area contributed by atoms with Gasteiger partial charge in [0, 0.05) is 19.3 Å². The van der Waals surface area contributed by atoms with Gasteiger partial charge in [-0.1, -0.05) is 216 Å². The summed E-state index contributed by atoms with van der Waals surface area (Å²) in [6.07, 6.45) is 53.1. The van der Waals surface area contributed by atoms with Crippen LogP contribution in [0.15, 0.2) is 72.9 Å². The highest BCUT2D eigenvalue weighted by atomic mass is 16.6. The van der Waals surface area contributed by atoms with Gasteiger partial charge in [0.1, 0.15) is 13.2 Å². The van der Waals surface area contributed by atoms with Crippen molar-refractivity contribution in [3.8, 4) is 0 Å². The van der Waals surface area contributed by atoms with E-state index in [1.54, 1.807) is 0 Å². The number of carbonyl (C=O) groups excluding carboxylic acids is 3. The fourth-order valence-corrected chi connectivity index (χ4v) is 6.00. The molecule has 0 saturated heterocycles. The van der Waals surface area contributed by atoms with Crippen molar-refractivity contribution in [3.63, 3.8) is 0 Å². The fraction of sp³-hybridized carbons (Fsp3) is 0.694. The number of hydrogen-bond acceptors (Lipinski definition) is 6. The minimum absolute atomic E-state index is 0.0881. The summed E-state index contributed by atoms with van der Waals surface area (Å²) in [6.45, 7) is 6.41. The first-order valence-corrected chi connectivity index (χ1v) is 22.5. The monoisotopic (exact) mass is 767 g/mol. The van der Waals surface area contributed by atoms with Crippen LogP contribution in [0.2, 0.25) is 0 Å². The highest BCUT2D eigenvalue weighted by Crippen LogP contribution is 2.14. The molecule has 0 fully saturated rings. The van der Waals surface area contributed by atoms with Gasteiger partial charge in [-0.15, -0.1) is 0 Å². The first kappa shape index (κ1) is 51.9. The van der Waals surface area contributed by atoms with E-state index in [1.807, 2.05) is 60.8 Å². The van der Waals surface area contributed by atoms with Crippen molar-refractivity contribution < 1.29 is 28.6 Å². The zero-order valence-corrected chi connectivity index (χ0v) is 35.7. The zero-order chi connectivity index (χ0) is 40.1. The predicted octanol–water partition coefficient (Wildman–Crippen LogP) is 14.3. The van der Waals surface area contributed by atoms with E-state index < -0.39 is 6.10 Å². The fourth-order valence-electron chi connectivity index (χ4n) is 6.00. The van der Waals surface area contributed by atoms with Gasteiger partial charge in [0.2, 0.25) is 0 Å². The van der Waals surface area contributed by atoms with Crippen molar-refractivity contribution in [2.24, 2.45) is 0 Å². The van der Waals surface area contributed by atoms with Gasteiger partial charge in [0.05, 0.1) is 0 Å². The molecule has 0 aromatic rings. The van der Waals surface area contributed by atoms with Crippen LogP contribution in [-0.2, 0) is 28.6 Å². The Balaban J connectivity index is 4.45. The molecule has 0 radical (unpaired) electrons. The quantitative estimate of drug-likeness (QED) is 0.0268. The van der Waals surface area contributed by atoms with Gasteiger partial charge in [-0.25, -0.2) is 0 Å². The van der Waals surface area contributed by atoms with E-state index in [4.69, 9.17) is 14.2 Å². The second-order valence-electron chi connectivity index (χ2n) is 14.7. The molecule has 0 aliphatic heterocycles. The standard InChI is InChI=1S/C49H82O6/c1-4-7-10-13-16-19-22-23-24-25-26-27-28-31-33-36-39-42-48(51)54-45-46(55-49(52)43-40-37-34-30-21-18-15-12-9-6-3)44-53-47(50)41-38-35-32-29-20-17-14-11-8-5-2/h7,10,13,16,19,22-28,46H,4-6,8-9,11-12,14-15,17-18,20-21,29-45H2,1-3H3/b10-7-,16-13-,22-19-,24-23-,26-25+,28-27-. The van der Waals surface area contributed by atoms with E-state index >= 15 is 0 Å². The second-order valence-corrected chi connectivity index (χ2v) is 14.7. The first-order valence-electron chi connectivity index (χ1n) is 22.5. The third-order valence-corrected chi connectivity index (χ3v) is 9.39. The van der Waals surface area contributed by atoms with Gasteiger partial charge in [0.15, 0.2) is 6.10 Å². The molecule has 55 heavy (non-hydrogen) atoms. The number of ether oxygens (including phenoxy) is 3. The van der Waals surface area contributed by atoms with Crippen LogP contribution < -0.4 is 0 Å². The number of carbonyl (C=O) groups is 3. The SMILES string of the molecule is CC\C=C/C=C\C=C/C=C\C=C\C=C/CCCCCC(=O)OCC(COC(=O)CCCCCCCCCCCC)OC(=O)CCCCCCCCCCCC. The van der Waals surface area contributed by atoms with Crippen LogP contribution in [-0.4, -0.2) is 37.2 Å². The maximum atomic E-state index is 12.7. The van der Waals surface area contributed by atoms with Gasteiger partial charge in [-0.05, 0) is 38.5 Å². The highest BCUT2D eigenvalue weighted by molar-refractivity contribution is 5.71. The molecule has 0 aromatic heterocycles. The van der Waals surface area contributed by atoms with Crippen molar-refractivity contribution in [3.05, 3.63) is 72.9 Å². The van der Waals surface area contributed by atoms with E-state index in [1.165, 1.54) is 89.9 Å². The number of esters is 3.